The fourth-order valence-electron chi connectivity index (χ4n) is 1.49. The molecular weight excluding hydrogens is 186 g/mol. The third-order valence-corrected chi connectivity index (χ3v) is 2.59. The highest BCUT2D eigenvalue weighted by Crippen LogP contribution is 2.20. The molecule has 0 saturated carbocycles. The van der Waals surface area contributed by atoms with Crippen LogP contribution in [0.2, 0.25) is 0 Å². The first-order chi connectivity index (χ1) is 6.87. The van der Waals surface area contributed by atoms with Gasteiger partial charge in [-0.3, -0.25) is 4.79 Å². The highest BCUT2D eigenvalue weighted by molar-refractivity contribution is 5.75. The van der Waals surface area contributed by atoms with E-state index in [1.807, 2.05) is 11.9 Å². The quantitative estimate of drug-likeness (QED) is 0.661. The van der Waals surface area contributed by atoms with Gasteiger partial charge in [0.15, 0.2) is 0 Å². The highest BCUT2D eigenvalue weighted by Gasteiger charge is 2.12. The Balaban J connectivity index is 3.64. The van der Waals surface area contributed by atoms with E-state index in [-0.39, 0.29) is 0 Å². The van der Waals surface area contributed by atoms with Gasteiger partial charge in [0.25, 0.3) is 0 Å². The zero-order chi connectivity index (χ0) is 11.9. The molecule has 0 fully saturated rings. The summed E-state index contributed by atoms with van der Waals surface area (Å²) in [5.74, 6) is 0.297. The Morgan fingerprint density at radius 1 is 1.20 bits per heavy atom. The molecule has 0 aliphatic heterocycles. The fraction of sp³-hybridized carbons (Fsp3) is 0.923. The lowest BCUT2D eigenvalue weighted by Crippen LogP contribution is -2.28. The van der Waals surface area contributed by atoms with Crippen molar-refractivity contribution in [3.63, 3.8) is 0 Å². The van der Waals surface area contributed by atoms with Gasteiger partial charge < -0.3 is 4.90 Å². The van der Waals surface area contributed by atoms with E-state index in [2.05, 4.69) is 27.7 Å². The van der Waals surface area contributed by atoms with Gasteiger partial charge in [-0.2, -0.15) is 0 Å². The van der Waals surface area contributed by atoms with Crippen molar-refractivity contribution in [1.82, 2.24) is 4.90 Å². The van der Waals surface area contributed by atoms with Crippen LogP contribution in [0.15, 0.2) is 0 Å². The SMILES string of the molecule is CCCCC(=O)N(C)CCCC(C)(C)C. The summed E-state index contributed by atoms with van der Waals surface area (Å²) < 4.78 is 0. The van der Waals surface area contributed by atoms with Crippen LogP contribution < -0.4 is 0 Å². The van der Waals surface area contributed by atoms with E-state index in [9.17, 15) is 4.79 Å². The molecule has 1 amide bonds. The van der Waals surface area contributed by atoms with Crippen molar-refractivity contribution in [2.75, 3.05) is 13.6 Å². The van der Waals surface area contributed by atoms with Crippen LogP contribution in [-0.2, 0) is 4.79 Å². The third kappa shape index (κ3) is 8.46. The molecule has 0 rings (SSSR count). The predicted octanol–water partition coefficient (Wildman–Crippen LogP) is 3.46. The van der Waals surface area contributed by atoms with Gasteiger partial charge in [0.05, 0.1) is 0 Å². The third-order valence-electron chi connectivity index (χ3n) is 2.59. The molecule has 0 bridgehead atoms. The van der Waals surface area contributed by atoms with Gasteiger partial charge in [0.1, 0.15) is 0 Å². The molecule has 0 aliphatic carbocycles. The summed E-state index contributed by atoms with van der Waals surface area (Å²) in [7, 11) is 1.92. The van der Waals surface area contributed by atoms with Crippen molar-refractivity contribution >= 4 is 5.91 Å². The zero-order valence-corrected chi connectivity index (χ0v) is 11.1. The van der Waals surface area contributed by atoms with Crippen LogP contribution in [0.25, 0.3) is 0 Å². The van der Waals surface area contributed by atoms with Gasteiger partial charge in [0.2, 0.25) is 5.91 Å². The maximum Gasteiger partial charge on any atom is 0.222 e. The molecule has 2 heteroatoms. The molecule has 0 unspecified atom stereocenters. The molecule has 0 aliphatic rings. The molecule has 0 saturated heterocycles. The summed E-state index contributed by atoms with van der Waals surface area (Å²) in [4.78, 5) is 13.5. The molecule has 2 nitrogen and oxygen atoms in total. The lowest BCUT2D eigenvalue weighted by Gasteiger charge is -2.21. The second kappa shape index (κ2) is 6.86. The Labute approximate surface area is 95.0 Å². The van der Waals surface area contributed by atoms with Crippen molar-refractivity contribution in [3.05, 3.63) is 0 Å². The number of unbranched alkanes of at least 4 members (excludes halogenated alkanes) is 1. The maximum atomic E-state index is 11.6. The Morgan fingerprint density at radius 2 is 1.80 bits per heavy atom. The van der Waals surface area contributed by atoms with Gasteiger partial charge in [0, 0.05) is 20.0 Å². The standard InChI is InChI=1S/C13H27NO/c1-6-7-9-12(15)14(5)11-8-10-13(2,3)4/h6-11H2,1-5H3. The Hall–Kier alpha value is -0.530. The first-order valence-corrected chi connectivity index (χ1v) is 6.11. The average Bonchev–Trinajstić information content (AvgIpc) is 2.11. The van der Waals surface area contributed by atoms with Gasteiger partial charge in [-0.15, -0.1) is 0 Å². The first kappa shape index (κ1) is 14.5. The van der Waals surface area contributed by atoms with Crippen LogP contribution in [-0.4, -0.2) is 24.4 Å². The van der Waals surface area contributed by atoms with Gasteiger partial charge in [-0.05, 0) is 24.7 Å². The number of hydrogen-bond acceptors (Lipinski definition) is 1. The topological polar surface area (TPSA) is 20.3 Å². The number of amides is 1. The summed E-state index contributed by atoms with van der Waals surface area (Å²) in [5, 5.41) is 0. The van der Waals surface area contributed by atoms with Crippen molar-refractivity contribution in [2.45, 2.75) is 59.8 Å². The highest BCUT2D eigenvalue weighted by atomic mass is 16.2. The summed E-state index contributed by atoms with van der Waals surface area (Å²) in [5.41, 5.74) is 0.382. The minimum Gasteiger partial charge on any atom is -0.346 e. The number of carbonyl (C=O) groups is 1. The van der Waals surface area contributed by atoms with E-state index in [4.69, 9.17) is 0 Å². The van der Waals surface area contributed by atoms with Gasteiger partial charge in [-0.25, -0.2) is 0 Å². The molecule has 0 radical (unpaired) electrons. The molecule has 0 aromatic carbocycles. The van der Waals surface area contributed by atoms with Crippen molar-refractivity contribution in [1.29, 1.82) is 0 Å². The largest absolute Gasteiger partial charge is 0.346 e. The fourth-order valence-corrected chi connectivity index (χ4v) is 1.49. The Kier molecular flexibility index (Phi) is 6.62. The molecule has 0 N–H and O–H groups in total. The number of nitrogens with zero attached hydrogens (tertiary/aromatic N) is 1. The number of hydrogen-bond donors (Lipinski definition) is 0. The van der Waals surface area contributed by atoms with E-state index in [0.29, 0.717) is 17.7 Å². The zero-order valence-electron chi connectivity index (χ0n) is 11.1. The van der Waals surface area contributed by atoms with E-state index >= 15 is 0 Å². The summed E-state index contributed by atoms with van der Waals surface area (Å²) in [6.07, 6.45) is 5.11. The smallest absolute Gasteiger partial charge is 0.222 e. The lowest BCUT2D eigenvalue weighted by atomic mass is 9.90. The monoisotopic (exact) mass is 213 g/mol. The van der Waals surface area contributed by atoms with E-state index < -0.39 is 0 Å². The van der Waals surface area contributed by atoms with Crippen LogP contribution in [0.4, 0.5) is 0 Å². The van der Waals surface area contributed by atoms with Crippen LogP contribution in [0.5, 0.6) is 0 Å². The van der Waals surface area contributed by atoms with Crippen LogP contribution in [0.1, 0.15) is 59.8 Å². The van der Waals surface area contributed by atoms with E-state index in [1.54, 1.807) is 0 Å². The van der Waals surface area contributed by atoms with Gasteiger partial charge >= 0.3 is 0 Å². The van der Waals surface area contributed by atoms with Crippen molar-refractivity contribution in [2.24, 2.45) is 5.41 Å². The van der Waals surface area contributed by atoms with E-state index in [0.717, 1.165) is 25.8 Å². The minimum absolute atomic E-state index is 0.297. The van der Waals surface area contributed by atoms with Crippen LogP contribution in [0.3, 0.4) is 0 Å². The normalized spacial score (nSPS) is 11.5. The average molecular weight is 213 g/mol. The number of carbonyl (C=O) groups excluding carboxylic acids is 1. The minimum atomic E-state index is 0.297. The van der Waals surface area contributed by atoms with Crippen LogP contribution in [0, 0.1) is 5.41 Å². The molecule has 0 aromatic heterocycles. The van der Waals surface area contributed by atoms with Crippen molar-refractivity contribution < 1.29 is 4.79 Å². The van der Waals surface area contributed by atoms with Gasteiger partial charge in [-0.1, -0.05) is 34.1 Å². The molecule has 0 spiro atoms. The molecular formula is C13H27NO. The molecule has 0 aromatic rings. The summed E-state index contributed by atoms with van der Waals surface area (Å²) >= 11 is 0. The summed E-state index contributed by atoms with van der Waals surface area (Å²) in [6, 6.07) is 0. The van der Waals surface area contributed by atoms with Crippen molar-refractivity contribution in [3.8, 4) is 0 Å². The summed E-state index contributed by atoms with van der Waals surface area (Å²) in [6.45, 7) is 9.75. The molecule has 15 heavy (non-hydrogen) atoms. The predicted molar refractivity (Wildman–Crippen MR) is 65.9 cm³/mol. The lowest BCUT2D eigenvalue weighted by molar-refractivity contribution is -0.130. The van der Waals surface area contributed by atoms with E-state index in [1.165, 1.54) is 6.42 Å². The Bertz CT molecular complexity index is 181. The maximum absolute atomic E-state index is 11.6. The second-order valence-electron chi connectivity index (χ2n) is 5.58. The number of rotatable bonds is 6. The van der Waals surface area contributed by atoms with Crippen LogP contribution >= 0.6 is 0 Å². The Morgan fingerprint density at radius 3 is 2.27 bits per heavy atom. The first-order valence-electron chi connectivity index (χ1n) is 6.11. The molecule has 90 valence electrons. The second-order valence-corrected chi connectivity index (χ2v) is 5.58. The molecule has 0 heterocycles. The molecule has 0 atom stereocenters.